The first-order chi connectivity index (χ1) is 9.14. The highest BCUT2D eigenvalue weighted by Crippen LogP contribution is 2.37. The van der Waals surface area contributed by atoms with Crippen LogP contribution in [0.15, 0.2) is 42.5 Å². The summed E-state index contributed by atoms with van der Waals surface area (Å²) >= 11 is 2.54. The summed E-state index contributed by atoms with van der Waals surface area (Å²) in [4.78, 5) is 0. The molecule has 1 aromatic carbocycles. The van der Waals surface area contributed by atoms with Crippen LogP contribution in [0.4, 0.5) is 4.39 Å². The fourth-order valence-electron chi connectivity index (χ4n) is 2.40. The van der Waals surface area contributed by atoms with E-state index in [4.69, 9.17) is 0 Å². The van der Waals surface area contributed by atoms with Gasteiger partial charge in [-0.2, -0.15) is 0 Å². The van der Waals surface area contributed by atoms with Crippen molar-refractivity contribution in [2.75, 3.05) is 0 Å². The Morgan fingerprint density at radius 1 is 1.26 bits per heavy atom. The fraction of sp³-hybridized carbons (Fsp3) is 0.412. The molecule has 1 unspecified atom stereocenters. The Hall–Kier alpha value is -0.640. The van der Waals surface area contributed by atoms with Crippen molar-refractivity contribution >= 4 is 28.2 Å². The summed E-state index contributed by atoms with van der Waals surface area (Å²) in [6.07, 6.45) is 12.5. The van der Waals surface area contributed by atoms with E-state index < -0.39 is 0 Å². The van der Waals surface area contributed by atoms with E-state index in [2.05, 4.69) is 47.7 Å². The van der Waals surface area contributed by atoms with E-state index in [9.17, 15) is 4.39 Å². The SMILES string of the molecule is CCCCCC1(I)C=CC(c2ccccc2F)=CC1. The molecule has 102 valence electrons. The lowest BCUT2D eigenvalue weighted by atomic mass is 9.89. The molecule has 0 fully saturated rings. The van der Waals surface area contributed by atoms with Crippen molar-refractivity contribution in [2.45, 2.75) is 42.4 Å². The number of hydrogen-bond donors (Lipinski definition) is 0. The summed E-state index contributed by atoms with van der Waals surface area (Å²) in [6.45, 7) is 2.23. The zero-order valence-electron chi connectivity index (χ0n) is 11.3. The van der Waals surface area contributed by atoms with Crippen molar-refractivity contribution < 1.29 is 4.39 Å². The van der Waals surface area contributed by atoms with E-state index in [1.165, 1.54) is 31.7 Å². The van der Waals surface area contributed by atoms with Gasteiger partial charge in [-0.15, -0.1) is 0 Å². The van der Waals surface area contributed by atoms with Crippen LogP contribution in [0.3, 0.4) is 0 Å². The molecule has 0 nitrogen and oxygen atoms in total. The maximum absolute atomic E-state index is 13.7. The zero-order valence-corrected chi connectivity index (χ0v) is 13.5. The third-order valence-electron chi connectivity index (χ3n) is 3.60. The van der Waals surface area contributed by atoms with Gasteiger partial charge in [-0.3, -0.25) is 0 Å². The van der Waals surface area contributed by atoms with E-state index in [0.717, 1.165) is 12.0 Å². The highest BCUT2D eigenvalue weighted by Gasteiger charge is 2.24. The molecule has 1 aromatic rings. The van der Waals surface area contributed by atoms with E-state index in [1.54, 1.807) is 6.07 Å². The molecule has 0 aliphatic heterocycles. The average Bonchev–Trinajstić information content (AvgIpc) is 2.41. The van der Waals surface area contributed by atoms with Crippen molar-refractivity contribution in [1.82, 2.24) is 0 Å². The molecule has 0 N–H and O–H groups in total. The van der Waals surface area contributed by atoms with Gasteiger partial charge in [-0.1, -0.05) is 85.2 Å². The van der Waals surface area contributed by atoms with Gasteiger partial charge in [-0.05, 0) is 24.5 Å². The van der Waals surface area contributed by atoms with Crippen molar-refractivity contribution in [3.8, 4) is 0 Å². The summed E-state index contributed by atoms with van der Waals surface area (Å²) in [5, 5.41) is 0. The monoisotopic (exact) mass is 370 g/mol. The van der Waals surface area contributed by atoms with E-state index in [-0.39, 0.29) is 9.24 Å². The van der Waals surface area contributed by atoms with Crippen LogP contribution in [-0.2, 0) is 0 Å². The number of allylic oxidation sites excluding steroid dienone is 4. The smallest absolute Gasteiger partial charge is 0.131 e. The summed E-state index contributed by atoms with van der Waals surface area (Å²) in [5.41, 5.74) is 1.73. The van der Waals surface area contributed by atoms with Crippen LogP contribution in [0.1, 0.15) is 44.6 Å². The predicted molar refractivity (Wildman–Crippen MR) is 89.0 cm³/mol. The summed E-state index contributed by atoms with van der Waals surface area (Å²) in [5.74, 6) is -0.134. The molecule has 19 heavy (non-hydrogen) atoms. The molecular formula is C17H20FI. The second kappa shape index (κ2) is 6.69. The maximum Gasteiger partial charge on any atom is 0.131 e. The van der Waals surface area contributed by atoms with Gasteiger partial charge in [0.2, 0.25) is 0 Å². The molecule has 0 saturated heterocycles. The lowest BCUT2D eigenvalue weighted by Crippen LogP contribution is -2.18. The molecule has 0 saturated carbocycles. The molecule has 2 rings (SSSR count). The van der Waals surface area contributed by atoms with Crippen LogP contribution in [0.2, 0.25) is 0 Å². The van der Waals surface area contributed by atoms with Crippen molar-refractivity contribution in [1.29, 1.82) is 0 Å². The third-order valence-corrected chi connectivity index (χ3v) is 4.94. The third kappa shape index (κ3) is 3.91. The quantitative estimate of drug-likeness (QED) is 0.343. The van der Waals surface area contributed by atoms with E-state index in [1.807, 2.05) is 12.1 Å². The summed E-state index contributed by atoms with van der Waals surface area (Å²) < 4.78 is 14.0. The van der Waals surface area contributed by atoms with Crippen LogP contribution >= 0.6 is 22.6 Å². The minimum atomic E-state index is -0.134. The molecule has 1 aliphatic carbocycles. The Bertz CT molecular complexity index is 490. The molecule has 0 aromatic heterocycles. The first-order valence-corrected chi connectivity index (χ1v) is 8.06. The van der Waals surface area contributed by atoms with E-state index in [0.29, 0.717) is 5.56 Å². The van der Waals surface area contributed by atoms with Crippen LogP contribution in [-0.4, -0.2) is 3.42 Å². The molecule has 0 spiro atoms. The molecule has 0 amide bonds. The van der Waals surface area contributed by atoms with Gasteiger partial charge in [0, 0.05) is 8.99 Å². The first kappa shape index (κ1) is 14.8. The predicted octanol–water partition coefficient (Wildman–Crippen LogP) is 5.92. The number of halogens is 2. The largest absolute Gasteiger partial charge is 0.206 e. The van der Waals surface area contributed by atoms with Gasteiger partial charge in [0.15, 0.2) is 0 Å². The Labute approximate surface area is 128 Å². The van der Waals surface area contributed by atoms with Gasteiger partial charge < -0.3 is 0 Å². The van der Waals surface area contributed by atoms with Gasteiger partial charge >= 0.3 is 0 Å². The molecule has 0 bridgehead atoms. The molecular weight excluding hydrogens is 350 g/mol. The number of alkyl halides is 1. The lowest BCUT2D eigenvalue weighted by Gasteiger charge is -2.26. The molecule has 1 atom stereocenters. The minimum Gasteiger partial charge on any atom is -0.206 e. The minimum absolute atomic E-state index is 0.134. The topological polar surface area (TPSA) is 0 Å². The number of benzene rings is 1. The Balaban J connectivity index is 2.05. The molecule has 1 aliphatic rings. The number of hydrogen-bond acceptors (Lipinski definition) is 0. The standard InChI is InChI=1S/C17H20FI/c1-2-3-6-11-17(19)12-9-14(10-13-17)15-7-4-5-8-16(15)18/h4-5,7-10,12H,2-3,6,11,13H2,1H3. The lowest BCUT2D eigenvalue weighted by molar-refractivity contribution is 0.596. The van der Waals surface area contributed by atoms with Gasteiger partial charge in [0.25, 0.3) is 0 Å². The number of unbranched alkanes of at least 4 members (excludes halogenated alkanes) is 2. The van der Waals surface area contributed by atoms with Crippen LogP contribution in [0, 0.1) is 5.82 Å². The van der Waals surface area contributed by atoms with Gasteiger partial charge in [-0.25, -0.2) is 4.39 Å². The van der Waals surface area contributed by atoms with Crippen molar-refractivity contribution in [2.24, 2.45) is 0 Å². The highest BCUT2D eigenvalue weighted by molar-refractivity contribution is 14.1. The van der Waals surface area contributed by atoms with Gasteiger partial charge in [0.1, 0.15) is 5.82 Å². The van der Waals surface area contributed by atoms with Crippen molar-refractivity contribution in [3.05, 3.63) is 53.9 Å². The van der Waals surface area contributed by atoms with E-state index >= 15 is 0 Å². The maximum atomic E-state index is 13.7. The Morgan fingerprint density at radius 2 is 2.05 bits per heavy atom. The first-order valence-electron chi connectivity index (χ1n) is 6.98. The Morgan fingerprint density at radius 3 is 2.68 bits per heavy atom. The van der Waals surface area contributed by atoms with Crippen LogP contribution < -0.4 is 0 Å². The zero-order chi connectivity index (χ0) is 13.7. The average molecular weight is 370 g/mol. The van der Waals surface area contributed by atoms with Gasteiger partial charge in [0.05, 0.1) is 0 Å². The van der Waals surface area contributed by atoms with Crippen LogP contribution in [0.25, 0.3) is 5.57 Å². The highest BCUT2D eigenvalue weighted by atomic mass is 127. The molecule has 0 heterocycles. The second-order valence-corrected chi connectivity index (χ2v) is 7.32. The molecule has 2 heteroatoms. The van der Waals surface area contributed by atoms with Crippen molar-refractivity contribution in [3.63, 3.8) is 0 Å². The normalized spacial score (nSPS) is 22.4. The number of rotatable bonds is 5. The molecule has 0 radical (unpaired) electrons. The fourth-order valence-corrected chi connectivity index (χ4v) is 3.19. The summed E-state index contributed by atoms with van der Waals surface area (Å²) in [6, 6.07) is 7.00. The summed E-state index contributed by atoms with van der Waals surface area (Å²) in [7, 11) is 0. The second-order valence-electron chi connectivity index (χ2n) is 5.17. The van der Waals surface area contributed by atoms with Crippen LogP contribution in [0.5, 0.6) is 0 Å². The Kier molecular flexibility index (Phi) is 5.20.